The van der Waals surface area contributed by atoms with E-state index in [4.69, 9.17) is 34.7 Å². The predicted molar refractivity (Wildman–Crippen MR) is 193 cm³/mol. The molecule has 2 aliphatic rings. The van der Waals surface area contributed by atoms with E-state index in [-0.39, 0.29) is 23.0 Å². The molecule has 2 aromatic rings. The Balaban J connectivity index is 1.65. The minimum absolute atomic E-state index is 0.00945. The van der Waals surface area contributed by atoms with E-state index in [1.54, 1.807) is 31.4 Å². The average molecular weight is 703 g/mol. The van der Waals surface area contributed by atoms with Crippen LogP contribution in [0, 0.1) is 11.8 Å². The summed E-state index contributed by atoms with van der Waals surface area (Å²) in [6, 6.07) is 14.6. The third kappa shape index (κ3) is 9.59. The first-order valence-corrected chi connectivity index (χ1v) is 23.5. The summed E-state index contributed by atoms with van der Waals surface area (Å²) in [5.74, 6) is -0.00323. The molecule has 260 valence electrons. The maximum Gasteiger partial charge on any atom is 0.338 e. The SMILES string of the molecule is COc1ccc(COCC[C@H]2[C@H](O)C3=C[C@H](OC(=O)c4cccc(Cl)c4)C[C@H]3[C@@](C)(O[Si](C)(C)C)C[C@H]2O[Si](C)(C)C(C)(C)C)cc1. The molecular formula is C37H55ClO7Si2. The van der Waals surface area contributed by atoms with E-state index in [1.807, 2.05) is 30.3 Å². The van der Waals surface area contributed by atoms with Crippen molar-refractivity contribution in [3.05, 3.63) is 76.3 Å². The molecule has 1 fully saturated rings. The standard InChI is InChI=1S/C37H55ClO7Si2/c1-36(2,3)47(9,10)44-33-23-37(4,45-46(6,7)8)32-22-29(43-35(40)26-12-11-13-27(38)20-26)21-31(32)34(39)30(33)18-19-42-24-25-14-16-28(41-5)17-15-25/h11-17,20-21,29-30,32-34,39H,18-19,22-24H2,1-10H3/t29-,30+,32+,33+,34-,37-/m0/s1. The molecular weight excluding hydrogens is 648 g/mol. The largest absolute Gasteiger partial charge is 0.497 e. The number of benzene rings is 2. The Morgan fingerprint density at radius 3 is 2.34 bits per heavy atom. The molecule has 0 heterocycles. The molecule has 1 N–H and O–H groups in total. The first-order valence-electron chi connectivity index (χ1n) is 16.8. The third-order valence-electron chi connectivity index (χ3n) is 9.95. The normalized spacial score (nSPS) is 26.7. The summed E-state index contributed by atoms with van der Waals surface area (Å²) in [5, 5.41) is 12.8. The molecule has 0 aliphatic heterocycles. The fourth-order valence-corrected chi connectivity index (χ4v) is 9.88. The van der Waals surface area contributed by atoms with Crippen LogP contribution in [0.4, 0.5) is 0 Å². The highest BCUT2D eigenvalue weighted by atomic mass is 35.5. The van der Waals surface area contributed by atoms with Crippen molar-refractivity contribution in [3.63, 3.8) is 0 Å². The summed E-state index contributed by atoms with van der Waals surface area (Å²) in [5.41, 5.74) is 1.70. The molecule has 7 nitrogen and oxygen atoms in total. The molecule has 1 saturated carbocycles. The number of hydrogen-bond acceptors (Lipinski definition) is 7. The van der Waals surface area contributed by atoms with Gasteiger partial charge in [0.05, 0.1) is 37.1 Å². The summed E-state index contributed by atoms with van der Waals surface area (Å²) < 4.78 is 31.8. The number of halogens is 1. The van der Waals surface area contributed by atoms with Crippen molar-refractivity contribution in [3.8, 4) is 5.75 Å². The second-order valence-corrected chi connectivity index (χ2v) is 25.5. The van der Waals surface area contributed by atoms with Gasteiger partial charge in [-0.05, 0) is 105 Å². The molecule has 4 rings (SSSR count). The Kier molecular flexibility index (Phi) is 12.0. The zero-order chi connectivity index (χ0) is 34.8. The summed E-state index contributed by atoms with van der Waals surface area (Å²) >= 11 is 6.15. The third-order valence-corrected chi connectivity index (χ3v) is 15.8. The minimum atomic E-state index is -2.24. The molecule has 0 unspecified atom stereocenters. The Morgan fingerprint density at radius 2 is 1.74 bits per heavy atom. The van der Waals surface area contributed by atoms with Crippen molar-refractivity contribution in [2.45, 2.75) is 115 Å². The van der Waals surface area contributed by atoms with Crippen molar-refractivity contribution in [1.82, 2.24) is 0 Å². The smallest absolute Gasteiger partial charge is 0.338 e. The van der Waals surface area contributed by atoms with Gasteiger partial charge in [-0.1, -0.05) is 50.6 Å². The van der Waals surface area contributed by atoms with Crippen LogP contribution in [0.3, 0.4) is 0 Å². The van der Waals surface area contributed by atoms with E-state index in [2.05, 4.69) is 60.4 Å². The Hall–Kier alpha value is -1.99. The van der Waals surface area contributed by atoms with E-state index in [0.29, 0.717) is 43.1 Å². The predicted octanol–water partition coefficient (Wildman–Crippen LogP) is 8.81. The quantitative estimate of drug-likeness (QED) is 0.102. The fourth-order valence-electron chi connectivity index (χ4n) is 6.69. The lowest BCUT2D eigenvalue weighted by Gasteiger charge is -2.45. The first-order chi connectivity index (χ1) is 21.8. The Labute approximate surface area is 289 Å². The summed E-state index contributed by atoms with van der Waals surface area (Å²) in [7, 11) is -2.65. The van der Waals surface area contributed by atoms with E-state index in [9.17, 15) is 9.90 Å². The van der Waals surface area contributed by atoms with Crippen LogP contribution in [0.25, 0.3) is 0 Å². The van der Waals surface area contributed by atoms with E-state index < -0.39 is 40.4 Å². The average Bonchev–Trinajstić information content (AvgIpc) is 3.37. The second kappa shape index (κ2) is 14.9. The number of esters is 1. The number of aliphatic hydroxyl groups is 1. The lowest BCUT2D eigenvalue weighted by atomic mass is 9.82. The molecule has 10 heteroatoms. The summed E-state index contributed by atoms with van der Waals surface area (Å²) in [4.78, 5) is 13.2. The van der Waals surface area contributed by atoms with Gasteiger partial charge in [0.15, 0.2) is 16.6 Å². The lowest BCUT2D eigenvalue weighted by molar-refractivity contribution is -0.0326. The maximum absolute atomic E-state index is 13.2. The molecule has 2 aliphatic carbocycles. The van der Waals surface area contributed by atoms with E-state index in [0.717, 1.165) is 16.9 Å². The van der Waals surface area contributed by atoms with Gasteiger partial charge < -0.3 is 28.2 Å². The van der Waals surface area contributed by atoms with Gasteiger partial charge >= 0.3 is 5.97 Å². The van der Waals surface area contributed by atoms with Crippen molar-refractivity contribution >= 4 is 34.2 Å². The molecule has 0 amide bonds. The fraction of sp³-hybridized carbons (Fsp3) is 0.595. The molecule has 0 aromatic heterocycles. The van der Waals surface area contributed by atoms with Crippen LogP contribution in [0.1, 0.15) is 62.9 Å². The highest BCUT2D eigenvalue weighted by Crippen LogP contribution is 2.51. The molecule has 0 bridgehead atoms. The van der Waals surface area contributed by atoms with Crippen molar-refractivity contribution in [2.24, 2.45) is 11.8 Å². The summed E-state index contributed by atoms with van der Waals surface area (Å²) in [6.45, 7) is 20.9. The molecule has 0 spiro atoms. The lowest BCUT2D eigenvalue weighted by Crippen LogP contribution is -2.51. The number of carbonyl (C=O) groups excluding carboxylic acids is 1. The van der Waals surface area contributed by atoms with E-state index in [1.165, 1.54) is 0 Å². The number of hydrogen-bond donors (Lipinski definition) is 1. The van der Waals surface area contributed by atoms with Crippen LogP contribution >= 0.6 is 11.6 Å². The number of ether oxygens (including phenoxy) is 3. The van der Waals surface area contributed by atoms with Crippen molar-refractivity contribution in [1.29, 1.82) is 0 Å². The molecule has 0 saturated heterocycles. The van der Waals surface area contributed by atoms with Gasteiger partial charge in [0, 0.05) is 29.9 Å². The van der Waals surface area contributed by atoms with Crippen LogP contribution in [-0.2, 0) is 24.9 Å². The Morgan fingerprint density at radius 1 is 1.06 bits per heavy atom. The zero-order valence-corrected chi connectivity index (χ0v) is 32.6. The monoisotopic (exact) mass is 702 g/mol. The number of rotatable bonds is 12. The zero-order valence-electron chi connectivity index (χ0n) is 29.9. The molecule has 0 radical (unpaired) electrons. The molecule has 2 aromatic carbocycles. The van der Waals surface area contributed by atoms with Crippen LogP contribution in [0.2, 0.25) is 42.8 Å². The van der Waals surface area contributed by atoms with Gasteiger partial charge in [-0.15, -0.1) is 0 Å². The highest BCUT2D eigenvalue weighted by molar-refractivity contribution is 6.74. The highest BCUT2D eigenvalue weighted by Gasteiger charge is 2.54. The van der Waals surface area contributed by atoms with Crippen LogP contribution in [0.15, 0.2) is 60.2 Å². The first kappa shape index (κ1) is 37.8. The van der Waals surface area contributed by atoms with Crippen LogP contribution in [0.5, 0.6) is 5.75 Å². The van der Waals surface area contributed by atoms with Gasteiger partial charge in [-0.3, -0.25) is 0 Å². The van der Waals surface area contributed by atoms with Crippen LogP contribution < -0.4 is 4.74 Å². The molecule has 6 atom stereocenters. The van der Waals surface area contributed by atoms with Gasteiger partial charge in [0.2, 0.25) is 0 Å². The van der Waals surface area contributed by atoms with Gasteiger partial charge in [-0.2, -0.15) is 0 Å². The topological polar surface area (TPSA) is 83.5 Å². The summed E-state index contributed by atoms with van der Waals surface area (Å²) in [6.07, 6.45) is 2.19. The van der Waals surface area contributed by atoms with Gasteiger partial charge in [0.1, 0.15) is 11.9 Å². The number of methoxy groups -OCH3 is 1. The molecule has 47 heavy (non-hydrogen) atoms. The minimum Gasteiger partial charge on any atom is -0.497 e. The number of fused-ring (bicyclic) bond motifs is 1. The van der Waals surface area contributed by atoms with Crippen molar-refractivity contribution < 1.29 is 33.0 Å². The Bertz CT molecular complexity index is 1400. The van der Waals surface area contributed by atoms with Gasteiger partial charge in [0.25, 0.3) is 0 Å². The number of carbonyl (C=O) groups is 1. The van der Waals surface area contributed by atoms with E-state index >= 15 is 0 Å². The van der Waals surface area contributed by atoms with Crippen LogP contribution in [-0.4, -0.2) is 65.3 Å². The maximum atomic E-state index is 13.2. The number of aliphatic hydroxyl groups excluding tert-OH is 1. The van der Waals surface area contributed by atoms with Gasteiger partial charge in [-0.25, -0.2) is 4.79 Å². The second-order valence-electron chi connectivity index (χ2n) is 15.9. The van der Waals surface area contributed by atoms with Crippen molar-refractivity contribution in [2.75, 3.05) is 13.7 Å².